The van der Waals surface area contributed by atoms with Gasteiger partial charge in [-0.1, -0.05) is 65.3 Å². The maximum Gasteiger partial charge on any atom is 0.338 e. The number of halogens is 1. The summed E-state index contributed by atoms with van der Waals surface area (Å²) in [4.78, 5) is 13.4. The van der Waals surface area contributed by atoms with Crippen LogP contribution in [0.1, 0.15) is 35.2 Å². The van der Waals surface area contributed by atoms with Gasteiger partial charge in [0.05, 0.1) is 17.2 Å². The number of tetrazole rings is 1. The summed E-state index contributed by atoms with van der Waals surface area (Å²) >= 11 is 3.64. The van der Waals surface area contributed by atoms with Gasteiger partial charge in [0.2, 0.25) is 5.95 Å². The summed E-state index contributed by atoms with van der Waals surface area (Å²) in [6, 6.07) is 20.7. The zero-order chi connectivity index (χ0) is 26.6. The Labute approximate surface area is 228 Å². The first-order valence-electron chi connectivity index (χ1n) is 12.0. The van der Waals surface area contributed by atoms with Crippen molar-refractivity contribution in [2.45, 2.75) is 33.1 Å². The number of carbonyl (C=O) groups is 1. The summed E-state index contributed by atoms with van der Waals surface area (Å²) in [5, 5.41) is 15.1. The molecule has 3 aromatic carbocycles. The Morgan fingerprint density at radius 1 is 1.03 bits per heavy atom. The quantitative estimate of drug-likeness (QED) is 0.280. The molecule has 1 unspecified atom stereocenters. The van der Waals surface area contributed by atoms with E-state index in [0.29, 0.717) is 39.8 Å². The number of ether oxygens (including phenoxy) is 3. The average molecular weight is 576 g/mol. The van der Waals surface area contributed by atoms with Crippen molar-refractivity contribution in [1.82, 2.24) is 20.2 Å². The zero-order valence-electron chi connectivity index (χ0n) is 21.1. The number of nitrogens with zero attached hydrogens (tertiary/aromatic N) is 4. The number of aromatic nitrogens is 4. The van der Waals surface area contributed by atoms with Crippen LogP contribution in [0.3, 0.4) is 0 Å². The van der Waals surface area contributed by atoms with E-state index in [9.17, 15) is 4.79 Å². The molecule has 0 bridgehead atoms. The number of methoxy groups -OCH3 is 1. The first kappa shape index (κ1) is 25.5. The Hall–Kier alpha value is -4.18. The Morgan fingerprint density at radius 2 is 1.76 bits per heavy atom. The van der Waals surface area contributed by atoms with Crippen molar-refractivity contribution in [3.8, 4) is 11.5 Å². The van der Waals surface area contributed by atoms with Gasteiger partial charge in [-0.15, -0.1) is 0 Å². The Bertz CT molecular complexity index is 1490. The molecule has 38 heavy (non-hydrogen) atoms. The first-order chi connectivity index (χ1) is 18.4. The Balaban J connectivity index is 1.47. The minimum absolute atomic E-state index is 0.143. The molecule has 1 aliphatic rings. The van der Waals surface area contributed by atoms with Crippen LogP contribution < -0.4 is 14.8 Å². The summed E-state index contributed by atoms with van der Waals surface area (Å²) in [6.45, 7) is 4.36. The normalized spacial score (nSPS) is 14.5. The monoisotopic (exact) mass is 575 g/mol. The average Bonchev–Trinajstić information content (AvgIpc) is 3.39. The molecule has 0 radical (unpaired) electrons. The second-order valence-corrected chi connectivity index (χ2v) is 9.74. The molecule has 0 saturated carbocycles. The van der Waals surface area contributed by atoms with E-state index in [0.717, 1.165) is 16.7 Å². The molecule has 1 atom stereocenters. The number of carbonyl (C=O) groups excluding carboxylic acids is 1. The second-order valence-electron chi connectivity index (χ2n) is 8.88. The van der Waals surface area contributed by atoms with E-state index in [-0.39, 0.29) is 6.61 Å². The third kappa shape index (κ3) is 5.26. The van der Waals surface area contributed by atoms with E-state index in [1.54, 1.807) is 18.7 Å². The number of nitrogens with one attached hydrogen (secondary N) is 1. The second kappa shape index (κ2) is 11.1. The van der Waals surface area contributed by atoms with Crippen LogP contribution in [0, 0.1) is 6.92 Å². The maximum atomic E-state index is 13.4. The van der Waals surface area contributed by atoms with Crippen LogP contribution >= 0.6 is 15.9 Å². The molecule has 0 amide bonds. The third-order valence-electron chi connectivity index (χ3n) is 6.22. The largest absolute Gasteiger partial charge is 0.493 e. The lowest BCUT2D eigenvalue weighted by Gasteiger charge is -2.28. The summed E-state index contributed by atoms with van der Waals surface area (Å²) in [6.07, 6.45) is 0. The van der Waals surface area contributed by atoms with Crippen molar-refractivity contribution in [2.24, 2.45) is 0 Å². The number of esters is 1. The molecule has 0 fully saturated rings. The lowest BCUT2D eigenvalue weighted by Crippen LogP contribution is -2.29. The molecule has 194 valence electrons. The molecule has 10 heteroatoms. The van der Waals surface area contributed by atoms with Crippen LogP contribution in [0.5, 0.6) is 11.5 Å². The summed E-state index contributed by atoms with van der Waals surface area (Å²) < 4.78 is 19.8. The van der Waals surface area contributed by atoms with Gasteiger partial charge in [-0.3, -0.25) is 0 Å². The third-order valence-corrected chi connectivity index (χ3v) is 6.81. The fraction of sp³-hybridized carbons (Fsp3) is 0.214. The molecule has 2 heterocycles. The van der Waals surface area contributed by atoms with Crippen LogP contribution in [0.4, 0.5) is 5.95 Å². The van der Waals surface area contributed by atoms with Crippen molar-refractivity contribution in [1.29, 1.82) is 0 Å². The summed E-state index contributed by atoms with van der Waals surface area (Å²) in [7, 11) is 1.57. The first-order valence-corrected chi connectivity index (χ1v) is 12.8. The number of aryl methyl sites for hydroxylation is 1. The van der Waals surface area contributed by atoms with Gasteiger partial charge in [0, 0.05) is 5.70 Å². The fourth-order valence-electron chi connectivity index (χ4n) is 4.26. The smallest absolute Gasteiger partial charge is 0.338 e. The van der Waals surface area contributed by atoms with Crippen molar-refractivity contribution in [3.05, 3.63) is 105 Å². The summed E-state index contributed by atoms with van der Waals surface area (Å²) in [5.74, 6) is 1.00. The predicted octanol–water partition coefficient (Wildman–Crippen LogP) is 5.36. The van der Waals surface area contributed by atoms with Crippen LogP contribution in [-0.2, 0) is 22.7 Å². The fourth-order valence-corrected chi connectivity index (χ4v) is 4.84. The van der Waals surface area contributed by atoms with Crippen molar-refractivity contribution < 1.29 is 19.0 Å². The predicted molar refractivity (Wildman–Crippen MR) is 145 cm³/mol. The van der Waals surface area contributed by atoms with E-state index in [4.69, 9.17) is 14.2 Å². The minimum Gasteiger partial charge on any atom is -0.493 e. The van der Waals surface area contributed by atoms with Crippen molar-refractivity contribution in [2.75, 3.05) is 12.4 Å². The van der Waals surface area contributed by atoms with E-state index < -0.39 is 12.0 Å². The molecule has 0 saturated heterocycles. The lowest BCUT2D eigenvalue weighted by atomic mass is 9.95. The van der Waals surface area contributed by atoms with Gasteiger partial charge in [-0.05, 0) is 69.0 Å². The van der Waals surface area contributed by atoms with Gasteiger partial charge < -0.3 is 19.5 Å². The number of hydrogen-bond acceptors (Lipinski definition) is 8. The molecule has 0 spiro atoms. The van der Waals surface area contributed by atoms with Gasteiger partial charge in [0.1, 0.15) is 19.3 Å². The van der Waals surface area contributed by atoms with Gasteiger partial charge in [0.25, 0.3) is 0 Å². The number of allylic oxidation sites excluding steroid dienone is 1. The van der Waals surface area contributed by atoms with Gasteiger partial charge in [-0.2, -0.15) is 4.68 Å². The van der Waals surface area contributed by atoms with Gasteiger partial charge in [-0.25, -0.2) is 4.79 Å². The number of rotatable bonds is 8. The van der Waals surface area contributed by atoms with Crippen LogP contribution in [0.15, 0.2) is 82.5 Å². The highest BCUT2D eigenvalue weighted by Gasteiger charge is 2.36. The molecular weight excluding hydrogens is 550 g/mol. The molecule has 4 aromatic rings. The molecule has 1 aliphatic heterocycles. The van der Waals surface area contributed by atoms with Gasteiger partial charge >= 0.3 is 5.97 Å². The number of fused-ring (bicyclic) bond motifs is 1. The van der Waals surface area contributed by atoms with E-state index in [2.05, 4.69) is 36.8 Å². The van der Waals surface area contributed by atoms with E-state index in [1.807, 2.05) is 73.7 Å². The highest BCUT2D eigenvalue weighted by Crippen LogP contribution is 2.43. The van der Waals surface area contributed by atoms with Crippen molar-refractivity contribution in [3.63, 3.8) is 0 Å². The molecular formula is C28H26BrN5O4. The molecule has 1 aromatic heterocycles. The molecule has 9 nitrogen and oxygen atoms in total. The number of anilines is 1. The highest BCUT2D eigenvalue weighted by atomic mass is 79.9. The van der Waals surface area contributed by atoms with Gasteiger partial charge in [0.15, 0.2) is 11.5 Å². The topological polar surface area (TPSA) is 100 Å². The molecule has 0 aliphatic carbocycles. The van der Waals surface area contributed by atoms with E-state index >= 15 is 0 Å². The number of benzene rings is 3. The van der Waals surface area contributed by atoms with Crippen LogP contribution in [0.25, 0.3) is 0 Å². The SMILES string of the molecule is COc1cc(C2C(C(=O)OCc3ccccc3)=C(C)Nc3nnnn32)cc(Br)c1OCc1ccc(C)cc1. The Kier molecular flexibility index (Phi) is 7.41. The van der Waals surface area contributed by atoms with Crippen molar-refractivity contribution >= 4 is 27.8 Å². The summed E-state index contributed by atoms with van der Waals surface area (Å²) in [5.41, 5.74) is 4.82. The van der Waals surface area contributed by atoms with Crippen LogP contribution in [-0.4, -0.2) is 33.3 Å². The lowest BCUT2D eigenvalue weighted by molar-refractivity contribution is -0.140. The minimum atomic E-state index is -0.652. The highest BCUT2D eigenvalue weighted by molar-refractivity contribution is 9.10. The standard InChI is InChI=1S/C28H26BrN5O4/c1-17-9-11-20(12-10-17)15-37-26-22(29)13-21(14-23(26)36-3)25-24(18(2)30-28-31-32-33-34(25)28)27(35)38-16-19-7-5-4-6-8-19/h4-14,25H,15-16H2,1-3H3,(H,30,31,33). The van der Waals surface area contributed by atoms with Crippen LogP contribution in [0.2, 0.25) is 0 Å². The zero-order valence-corrected chi connectivity index (χ0v) is 22.7. The molecule has 1 N–H and O–H groups in total. The number of hydrogen-bond donors (Lipinski definition) is 1. The molecule has 5 rings (SSSR count). The Morgan fingerprint density at radius 3 is 2.50 bits per heavy atom. The maximum absolute atomic E-state index is 13.4. The van der Waals surface area contributed by atoms with E-state index in [1.165, 1.54) is 5.56 Å².